The molecule has 3 N–H and O–H groups in total. The molecule has 0 rings (SSSR count). The molecular formula is C12H20O9. The molecule has 0 saturated heterocycles. The molecule has 0 aromatic rings. The second-order valence-electron chi connectivity index (χ2n) is 3.96. The van der Waals surface area contributed by atoms with Gasteiger partial charge in [-0.3, -0.25) is 4.79 Å². The minimum absolute atomic E-state index is 0.0685. The average molecular weight is 308 g/mol. The van der Waals surface area contributed by atoms with Crippen molar-refractivity contribution in [1.82, 2.24) is 0 Å². The third kappa shape index (κ3) is 4.38. The van der Waals surface area contributed by atoms with Crippen LogP contribution in [-0.2, 0) is 28.6 Å². The zero-order chi connectivity index (χ0) is 16.7. The molecule has 0 aliphatic rings. The lowest BCUT2D eigenvalue weighted by Crippen LogP contribution is -2.65. The van der Waals surface area contributed by atoms with Crippen LogP contribution in [0.1, 0.15) is 27.2 Å². The molecule has 1 atom stereocenters. The van der Waals surface area contributed by atoms with E-state index in [1.807, 2.05) is 0 Å². The van der Waals surface area contributed by atoms with Gasteiger partial charge in [0.25, 0.3) is 0 Å². The van der Waals surface area contributed by atoms with Gasteiger partial charge >= 0.3 is 23.7 Å². The number of rotatable bonds is 8. The summed E-state index contributed by atoms with van der Waals surface area (Å²) in [5.74, 6) is -8.03. The number of ether oxygens (including phenoxy) is 3. The quantitative estimate of drug-likeness (QED) is 0.277. The van der Waals surface area contributed by atoms with Crippen LogP contribution in [0.25, 0.3) is 0 Å². The Bertz CT molecular complexity index is 390. The van der Waals surface area contributed by atoms with E-state index in [0.717, 1.165) is 0 Å². The second-order valence-corrected chi connectivity index (χ2v) is 3.96. The van der Waals surface area contributed by atoms with Gasteiger partial charge in [-0.05, 0) is 20.8 Å². The maximum absolute atomic E-state index is 11.8. The van der Waals surface area contributed by atoms with E-state index in [4.69, 9.17) is 0 Å². The summed E-state index contributed by atoms with van der Waals surface area (Å²) in [6, 6.07) is 0. The summed E-state index contributed by atoms with van der Waals surface area (Å²) < 4.78 is 13.4. The first-order chi connectivity index (χ1) is 9.67. The molecular weight excluding hydrogens is 288 g/mol. The standard InChI is InChI=1S/C12H20O9/c1-4-19-8(13)7-11(16,9(14)20-5-2)12(17,18)10(15)21-6-3/h16-18H,4-7H2,1-3H3. The first kappa shape index (κ1) is 19.3. The smallest absolute Gasteiger partial charge is 0.370 e. The van der Waals surface area contributed by atoms with E-state index in [1.165, 1.54) is 20.8 Å². The van der Waals surface area contributed by atoms with Crippen molar-refractivity contribution in [3.05, 3.63) is 0 Å². The normalized spacial score (nSPS) is 14.0. The van der Waals surface area contributed by atoms with Crippen LogP contribution < -0.4 is 0 Å². The molecule has 21 heavy (non-hydrogen) atoms. The van der Waals surface area contributed by atoms with E-state index in [9.17, 15) is 29.7 Å². The van der Waals surface area contributed by atoms with E-state index < -0.39 is 35.7 Å². The highest BCUT2D eigenvalue weighted by Crippen LogP contribution is 2.28. The first-order valence-corrected chi connectivity index (χ1v) is 6.34. The number of aliphatic hydroxyl groups is 3. The van der Waals surface area contributed by atoms with Gasteiger partial charge in [0.05, 0.1) is 26.2 Å². The predicted molar refractivity (Wildman–Crippen MR) is 66.6 cm³/mol. The Morgan fingerprint density at radius 1 is 0.810 bits per heavy atom. The summed E-state index contributed by atoms with van der Waals surface area (Å²) >= 11 is 0. The van der Waals surface area contributed by atoms with E-state index in [-0.39, 0.29) is 19.8 Å². The molecule has 0 radical (unpaired) electrons. The summed E-state index contributed by atoms with van der Waals surface area (Å²) in [5.41, 5.74) is -3.25. The Morgan fingerprint density at radius 3 is 1.67 bits per heavy atom. The third-order valence-electron chi connectivity index (χ3n) is 2.46. The fourth-order valence-corrected chi connectivity index (χ4v) is 1.41. The molecule has 0 bridgehead atoms. The fraction of sp³-hybridized carbons (Fsp3) is 0.750. The summed E-state index contributed by atoms with van der Waals surface area (Å²) in [5, 5.41) is 29.7. The number of hydrogen-bond donors (Lipinski definition) is 3. The molecule has 0 heterocycles. The van der Waals surface area contributed by atoms with E-state index in [2.05, 4.69) is 14.2 Å². The largest absolute Gasteiger partial charge is 0.466 e. The lowest BCUT2D eigenvalue weighted by molar-refractivity contribution is -0.276. The summed E-state index contributed by atoms with van der Waals surface area (Å²) in [6.45, 7) is 3.72. The van der Waals surface area contributed by atoms with Crippen molar-refractivity contribution >= 4 is 17.9 Å². The van der Waals surface area contributed by atoms with E-state index >= 15 is 0 Å². The maximum Gasteiger partial charge on any atom is 0.370 e. The predicted octanol–water partition coefficient (Wildman–Crippen LogP) is -1.52. The molecule has 122 valence electrons. The van der Waals surface area contributed by atoms with Gasteiger partial charge in [-0.1, -0.05) is 0 Å². The summed E-state index contributed by atoms with van der Waals surface area (Å²) in [4.78, 5) is 34.7. The molecule has 0 amide bonds. The lowest BCUT2D eigenvalue weighted by atomic mass is 9.89. The van der Waals surface area contributed by atoms with Crippen molar-refractivity contribution in [3.8, 4) is 0 Å². The topological polar surface area (TPSA) is 140 Å². The van der Waals surface area contributed by atoms with Gasteiger partial charge in [0.1, 0.15) is 0 Å². The monoisotopic (exact) mass is 308 g/mol. The number of carbonyl (C=O) groups is 3. The highest BCUT2D eigenvalue weighted by Gasteiger charge is 2.63. The Hall–Kier alpha value is -1.71. The van der Waals surface area contributed by atoms with Gasteiger partial charge < -0.3 is 29.5 Å². The van der Waals surface area contributed by atoms with Crippen molar-refractivity contribution in [3.63, 3.8) is 0 Å². The van der Waals surface area contributed by atoms with Crippen LogP contribution >= 0.6 is 0 Å². The van der Waals surface area contributed by atoms with Gasteiger partial charge in [0, 0.05) is 0 Å². The molecule has 1 unspecified atom stereocenters. The van der Waals surface area contributed by atoms with Gasteiger partial charge in [-0.2, -0.15) is 0 Å². The molecule has 0 spiro atoms. The molecule has 0 aliphatic carbocycles. The molecule has 0 aromatic carbocycles. The van der Waals surface area contributed by atoms with Gasteiger partial charge in [-0.25, -0.2) is 9.59 Å². The highest BCUT2D eigenvalue weighted by atomic mass is 16.6. The van der Waals surface area contributed by atoms with Crippen molar-refractivity contribution < 1.29 is 43.9 Å². The summed E-state index contributed by atoms with van der Waals surface area (Å²) in [6.07, 6.45) is -1.19. The van der Waals surface area contributed by atoms with Crippen molar-refractivity contribution in [2.45, 2.75) is 38.6 Å². The van der Waals surface area contributed by atoms with Crippen LogP contribution in [0.15, 0.2) is 0 Å². The molecule has 0 fully saturated rings. The van der Waals surface area contributed by atoms with Crippen molar-refractivity contribution in [2.75, 3.05) is 19.8 Å². The zero-order valence-corrected chi connectivity index (χ0v) is 12.1. The first-order valence-electron chi connectivity index (χ1n) is 6.34. The van der Waals surface area contributed by atoms with Gasteiger partial charge in [0.2, 0.25) is 5.60 Å². The van der Waals surface area contributed by atoms with E-state index in [1.54, 1.807) is 0 Å². The maximum atomic E-state index is 11.8. The lowest BCUT2D eigenvalue weighted by Gasteiger charge is -2.34. The highest BCUT2D eigenvalue weighted by molar-refractivity contribution is 5.94. The van der Waals surface area contributed by atoms with E-state index in [0.29, 0.717) is 0 Å². The van der Waals surface area contributed by atoms with Crippen molar-refractivity contribution in [1.29, 1.82) is 0 Å². The van der Waals surface area contributed by atoms with Crippen LogP contribution in [0.3, 0.4) is 0 Å². The minimum Gasteiger partial charge on any atom is -0.466 e. The molecule has 0 aromatic heterocycles. The molecule has 0 saturated carbocycles. The number of hydrogen-bond acceptors (Lipinski definition) is 9. The van der Waals surface area contributed by atoms with Crippen LogP contribution in [-0.4, -0.2) is 64.4 Å². The molecule has 0 aliphatic heterocycles. The van der Waals surface area contributed by atoms with Gasteiger partial charge in [0.15, 0.2) is 0 Å². The minimum atomic E-state index is -3.66. The number of carbonyl (C=O) groups excluding carboxylic acids is 3. The van der Waals surface area contributed by atoms with Crippen LogP contribution in [0.5, 0.6) is 0 Å². The number of esters is 3. The van der Waals surface area contributed by atoms with Crippen LogP contribution in [0, 0.1) is 0 Å². The second kappa shape index (κ2) is 7.91. The van der Waals surface area contributed by atoms with Crippen LogP contribution in [0.2, 0.25) is 0 Å². The van der Waals surface area contributed by atoms with Crippen LogP contribution in [0.4, 0.5) is 0 Å². The average Bonchev–Trinajstić information content (AvgIpc) is 2.38. The fourth-order valence-electron chi connectivity index (χ4n) is 1.41. The molecule has 9 heteroatoms. The zero-order valence-electron chi connectivity index (χ0n) is 12.1. The SMILES string of the molecule is CCOC(=O)CC(O)(C(=O)OCC)C(O)(O)C(=O)OCC. The Kier molecular flexibility index (Phi) is 7.27. The Balaban J connectivity index is 5.52. The Morgan fingerprint density at radius 2 is 1.24 bits per heavy atom. The third-order valence-corrected chi connectivity index (χ3v) is 2.46. The summed E-state index contributed by atoms with van der Waals surface area (Å²) in [7, 11) is 0. The molecule has 9 nitrogen and oxygen atoms in total. The Labute approximate surface area is 121 Å². The van der Waals surface area contributed by atoms with Crippen molar-refractivity contribution in [2.24, 2.45) is 0 Å². The van der Waals surface area contributed by atoms with Gasteiger partial charge in [-0.15, -0.1) is 0 Å².